The first-order chi connectivity index (χ1) is 5.75. The smallest absolute Gasteiger partial charge is 0.00104 e. The van der Waals surface area contributed by atoms with Crippen LogP contribution in [0.1, 0.15) is 46.5 Å². The van der Waals surface area contributed by atoms with Gasteiger partial charge in [-0.15, -0.1) is 0 Å². The third-order valence-electron chi connectivity index (χ3n) is 3.45. The zero-order chi connectivity index (χ0) is 9.03. The van der Waals surface area contributed by atoms with Crippen LogP contribution in [0.2, 0.25) is 0 Å². The van der Waals surface area contributed by atoms with Crippen LogP contribution in [0.4, 0.5) is 0 Å². The predicted octanol–water partition coefficient (Wildman–Crippen LogP) is 2.81. The molecule has 1 aliphatic rings. The molecule has 1 atom stereocenters. The lowest BCUT2D eigenvalue weighted by Crippen LogP contribution is -2.28. The Morgan fingerprint density at radius 2 is 2.00 bits per heavy atom. The molecule has 0 amide bonds. The third-order valence-corrected chi connectivity index (χ3v) is 3.45. The molecule has 1 nitrogen and oxygen atoms in total. The Hall–Kier alpha value is -0.0400. The van der Waals surface area contributed by atoms with Crippen molar-refractivity contribution in [1.29, 1.82) is 0 Å². The van der Waals surface area contributed by atoms with Gasteiger partial charge in [-0.1, -0.05) is 27.2 Å². The van der Waals surface area contributed by atoms with Crippen LogP contribution in [0.3, 0.4) is 0 Å². The van der Waals surface area contributed by atoms with E-state index in [2.05, 4.69) is 26.1 Å². The SMILES string of the molecule is CCCNCC1(C(C)CC)CC1. The number of hydrogen-bond donors (Lipinski definition) is 1. The van der Waals surface area contributed by atoms with Gasteiger partial charge in [-0.2, -0.15) is 0 Å². The summed E-state index contributed by atoms with van der Waals surface area (Å²) in [6.07, 6.45) is 5.52. The van der Waals surface area contributed by atoms with Crippen LogP contribution in [0.15, 0.2) is 0 Å². The van der Waals surface area contributed by atoms with E-state index in [0.717, 1.165) is 5.92 Å². The number of hydrogen-bond acceptors (Lipinski definition) is 1. The van der Waals surface area contributed by atoms with Crippen molar-refractivity contribution in [3.63, 3.8) is 0 Å². The molecule has 12 heavy (non-hydrogen) atoms. The summed E-state index contributed by atoms with van der Waals surface area (Å²) < 4.78 is 0. The van der Waals surface area contributed by atoms with Gasteiger partial charge in [0.2, 0.25) is 0 Å². The lowest BCUT2D eigenvalue weighted by molar-refractivity contribution is 0.308. The summed E-state index contributed by atoms with van der Waals surface area (Å²) in [7, 11) is 0. The molecule has 1 unspecified atom stereocenters. The number of rotatable bonds is 6. The van der Waals surface area contributed by atoms with Gasteiger partial charge in [0.1, 0.15) is 0 Å². The van der Waals surface area contributed by atoms with Gasteiger partial charge < -0.3 is 5.32 Å². The molecule has 1 fully saturated rings. The molecule has 0 radical (unpaired) electrons. The Morgan fingerprint density at radius 3 is 2.42 bits per heavy atom. The van der Waals surface area contributed by atoms with Crippen LogP contribution in [0.25, 0.3) is 0 Å². The molecule has 1 saturated carbocycles. The minimum atomic E-state index is 0.698. The second-order valence-corrected chi connectivity index (χ2v) is 4.35. The van der Waals surface area contributed by atoms with Gasteiger partial charge in [0.25, 0.3) is 0 Å². The van der Waals surface area contributed by atoms with E-state index < -0.39 is 0 Å². The first-order valence-electron chi connectivity index (χ1n) is 5.46. The molecule has 1 N–H and O–H groups in total. The van der Waals surface area contributed by atoms with E-state index >= 15 is 0 Å². The molecule has 0 aromatic heterocycles. The maximum absolute atomic E-state index is 3.55. The van der Waals surface area contributed by atoms with Gasteiger partial charge in [-0.05, 0) is 37.1 Å². The molecular formula is C11H23N. The molecule has 0 bridgehead atoms. The highest BCUT2D eigenvalue weighted by Crippen LogP contribution is 2.52. The van der Waals surface area contributed by atoms with Crippen molar-refractivity contribution in [2.75, 3.05) is 13.1 Å². The van der Waals surface area contributed by atoms with Crippen molar-refractivity contribution in [3.8, 4) is 0 Å². The van der Waals surface area contributed by atoms with Gasteiger partial charge in [0.05, 0.1) is 0 Å². The van der Waals surface area contributed by atoms with Crippen LogP contribution in [0.5, 0.6) is 0 Å². The third kappa shape index (κ3) is 2.22. The van der Waals surface area contributed by atoms with Crippen LogP contribution < -0.4 is 5.32 Å². The molecule has 1 rings (SSSR count). The molecular weight excluding hydrogens is 146 g/mol. The molecule has 1 aliphatic carbocycles. The minimum Gasteiger partial charge on any atom is -0.316 e. The molecule has 0 saturated heterocycles. The Labute approximate surface area is 76.9 Å². The Bertz CT molecular complexity index is 127. The first-order valence-corrected chi connectivity index (χ1v) is 5.46. The maximum atomic E-state index is 3.55. The monoisotopic (exact) mass is 169 g/mol. The van der Waals surface area contributed by atoms with Gasteiger partial charge in [-0.25, -0.2) is 0 Å². The first kappa shape index (κ1) is 10.0. The zero-order valence-electron chi connectivity index (χ0n) is 8.82. The summed E-state index contributed by atoms with van der Waals surface area (Å²) in [6.45, 7) is 9.40. The van der Waals surface area contributed by atoms with Crippen molar-refractivity contribution in [2.45, 2.75) is 46.5 Å². The van der Waals surface area contributed by atoms with Crippen molar-refractivity contribution in [1.82, 2.24) is 5.32 Å². The lowest BCUT2D eigenvalue weighted by atomic mass is 9.88. The van der Waals surface area contributed by atoms with Crippen molar-refractivity contribution >= 4 is 0 Å². The number of nitrogens with one attached hydrogen (secondary N) is 1. The molecule has 1 heteroatoms. The average molecular weight is 169 g/mol. The molecule has 0 aromatic rings. The van der Waals surface area contributed by atoms with Gasteiger partial charge >= 0.3 is 0 Å². The van der Waals surface area contributed by atoms with E-state index in [4.69, 9.17) is 0 Å². The standard InChI is InChI=1S/C11H23N/c1-4-8-12-9-11(6-7-11)10(3)5-2/h10,12H,4-9H2,1-3H3. The van der Waals surface area contributed by atoms with E-state index in [-0.39, 0.29) is 0 Å². The second kappa shape index (κ2) is 4.27. The topological polar surface area (TPSA) is 12.0 Å². The molecule has 0 spiro atoms. The van der Waals surface area contributed by atoms with Crippen LogP contribution in [-0.2, 0) is 0 Å². The van der Waals surface area contributed by atoms with E-state index in [1.165, 1.54) is 38.8 Å². The van der Waals surface area contributed by atoms with Gasteiger partial charge in [0, 0.05) is 6.54 Å². The Balaban J connectivity index is 2.20. The normalized spacial score (nSPS) is 22.2. The Kier molecular flexibility index (Phi) is 3.57. The maximum Gasteiger partial charge on any atom is 0.00104 e. The fraction of sp³-hybridized carbons (Fsp3) is 1.00. The van der Waals surface area contributed by atoms with Gasteiger partial charge in [-0.3, -0.25) is 0 Å². The fourth-order valence-corrected chi connectivity index (χ4v) is 1.95. The van der Waals surface area contributed by atoms with Crippen molar-refractivity contribution in [3.05, 3.63) is 0 Å². The van der Waals surface area contributed by atoms with Crippen LogP contribution in [0, 0.1) is 11.3 Å². The fourth-order valence-electron chi connectivity index (χ4n) is 1.95. The quantitative estimate of drug-likeness (QED) is 0.603. The van der Waals surface area contributed by atoms with E-state index in [1.54, 1.807) is 0 Å². The van der Waals surface area contributed by atoms with Crippen LogP contribution in [-0.4, -0.2) is 13.1 Å². The van der Waals surface area contributed by atoms with E-state index in [0.29, 0.717) is 5.41 Å². The van der Waals surface area contributed by atoms with E-state index in [1.807, 2.05) is 0 Å². The minimum absolute atomic E-state index is 0.698. The summed E-state index contributed by atoms with van der Waals surface area (Å²) in [5.41, 5.74) is 0.698. The van der Waals surface area contributed by atoms with E-state index in [9.17, 15) is 0 Å². The highest BCUT2D eigenvalue weighted by molar-refractivity contribution is 4.97. The molecule has 0 aliphatic heterocycles. The highest BCUT2D eigenvalue weighted by atomic mass is 14.9. The second-order valence-electron chi connectivity index (χ2n) is 4.35. The zero-order valence-corrected chi connectivity index (χ0v) is 8.82. The summed E-state index contributed by atoms with van der Waals surface area (Å²) in [4.78, 5) is 0. The van der Waals surface area contributed by atoms with Crippen molar-refractivity contribution in [2.24, 2.45) is 11.3 Å². The summed E-state index contributed by atoms with van der Waals surface area (Å²) >= 11 is 0. The summed E-state index contributed by atoms with van der Waals surface area (Å²) in [5.74, 6) is 0.918. The molecule has 0 heterocycles. The lowest BCUT2D eigenvalue weighted by Gasteiger charge is -2.22. The predicted molar refractivity (Wildman–Crippen MR) is 54.3 cm³/mol. The molecule has 0 aromatic carbocycles. The van der Waals surface area contributed by atoms with Gasteiger partial charge in [0.15, 0.2) is 0 Å². The summed E-state index contributed by atoms with van der Waals surface area (Å²) in [6, 6.07) is 0. The van der Waals surface area contributed by atoms with Crippen LogP contribution >= 0.6 is 0 Å². The Morgan fingerprint density at radius 1 is 1.33 bits per heavy atom. The molecule has 72 valence electrons. The highest BCUT2D eigenvalue weighted by Gasteiger charge is 2.45. The largest absolute Gasteiger partial charge is 0.316 e. The summed E-state index contributed by atoms with van der Waals surface area (Å²) in [5, 5.41) is 3.55. The average Bonchev–Trinajstić information content (AvgIpc) is 2.85. The van der Waals surface area contributed by atoms with Crippen molar-refractivity contribution < 1.29 is 0 Å².